The van der Waals surface area contributed by atoms with Crippen molar-refractivity contribution in [2.45, 2.75) is 12.8 Å². The summed E-state index contributed by atoms with van der Waals surface area (Å²) in [4.78, 5) is 9.72. The van der Waals surface area contributed by atoms with Gasteiger partial charge >= 0.3 is 0 Å². The van der Waals surface area contributed by atoms with Crippen LogP contribution in [0.1, 0.15) is 12.8 Å². The molecular weight excluding hydrogens is 552 g/mol. The van der Waals surface area contributed by atoms with Crippen molar-refractivity contribution in [3.63, 3.8) is 0 Å². The van der Waals surface area contributed by atoms with E-state index in [1.807, 2.05) is 18.2 Å². The summed E-state index contributed by atoms with van der Waals surface area (Å²) >= 11 is 0. The lowest BCUT2D eigenvalue weighted by molar-refractivity contribution is 0.667. The van der Waals surface area contributed by atoms with Gasteiger partial charge in [0.1, 0.15) is 16.9 Å². The predicted molar refractivity (Wildman–Crippen MR) is 183 cm³/mol. The second-order valence-electron chi connectivity index (χ2n) is 11.7. The number of benzene rings is 4. The van der Waals surface area contributed by atoms with Crippen LogP contribution in [0.3, 0.4) is 0 Å². The van der Waals surface area contributed by atoms with Crippen LogP contribution in [0, 0.1) is 0 Å². The summed E-state index contributed by atoms with van der Waals surface area (Å²) < 4.78 is 10.7. The lowest BCUT2D eigenvalue weighted by Gasteiger charge is -2.09. The number of nitrogens with zero attached hydrogens (tertiary/aromatic N) is 4. The van der Waals surface area contributed by atoms with Crippen LogP contribution in [-0.4, -0.2) is 19.1 Å². The van der Waals surface area contributed by atoms with E-state index in [1.165, 1.54) is 54.6 Å². The van der Waals surface area contributed by atoms with Crippen molar-refractivity contribution in [3.8, 4) is 22.6 Å². The Kier molecular flexibility index (Phi) is 5.05. The van der Waals surface area contributed by atoms with E-state index in [9.17, 15) is 0 Å². The van der Waals surface area contributed by atoms with E-state index in [-0.39, 0.29) is 0 Å². The van der Waals surface area contributed by atoms with Crippen molar-refractivity contribution in [2.24, 2.45) is 0 Å². The molecule has 212 valence electrons. The summed E-state index contributed by atoms with van der Waals surface area (Å²) in [6, 6.07) is 40.8. The highest BCUT2D eigenvalue weighted by atomic mass is 16.3. The highest BCUT2D eigenvalue weighted by Gasteiger charge is 2.19. The van der Waals surface area contributed by atoms with Gasteiger partial charge in [0.15, 0.2) is 11.2 Å². The average Bonchev–Trinajstić information content (AvgIpc) is 3.76. The molecule has 0 atom stereocenters. The number of aromatic nitrogens is 4. The zero-order chi connectivity index (χ0) is 29.5. The molecular formula is C40H26N4O. The van der Waals surface area contributed by atoms with Crippen LogP contribution >= 0.6 is 0 Å². The first-order chi connectivity index (χ1) is 22.3. The highest BCUT2D eigenvalue weighted by molar-refractivity contribution is 6.11. The van der Waals surface area contributed by atoms with Gasteiger partial charge in [0.2, 0.25) is 0 Å². The van der Waals surface area contributed by atoms with Crippen molar-refractivity contribution in [1.29, 1.82) is 0 Å². The molecule has 5 aromatic heterocycles. The van der Waals surface area contributed by atoms with Crippen LogP contribution in [0.25, 0.3) is 89.7 Å². The summed E-state index contributed by atoms with van der Waals surface area (Å²) in [5.74, 6) is 0.868. The molecule has 0 saturated carbocycles. The SMILES string of the molecule is C1=c2c(n(-c3ccc4oc5cccnc5c4n3)c3cccc(-c4ccc5c(c4)c4ccccc4n5-c4ccccc4)c23)=CCC1. The maximum Gasteiger partial charge on any atom is 0.155 e. The van der Waals surface area contributed by atoms with E-state index in [4.69, 9.17) is 9.40 Å². The molecule has 0 unspecified atom stereocenters. The van der Waals surface area contributed by atoms with Crippen molar-refractivity contribution >= 4 is 67.1 Å². The van der Waals surface area contributed by atoms with Gasteiger partial charge in [-0.25, -0.2) is 4.98 Å². The first kappa shape index (κ1) is 24.5. The quantitative estimate of drug-likeness (QED) is 0.211. The molecule has 0 aliphatic heterocycles. The molecule has 0 amide bonds. The molecule has 1 aliphatic rings. The van der Waals surface area contributed by atoms with Crippen LogP contribution in [-0.2, 0) is 0 Å². The van der Waals surface area contributed by atoms with Gasteiger partial charge in [0.05, 0.1) is 21.9 Å². The lowest BCUT2D eigenvalue weighted by Crippen LogP contribution is -2.30. The third-order valence-corrected chi connectivity index (χ3v) is 9.21. The Labute approximate surface area is 257 Å². The number of fused-ring (bicyclic) bond motifs is 9. The van der Waals surface area contributed by atoms with Crippen molar-refractivity contribution in [1.82, 2.24) is 19.1 Å². The maximum atomic E-state index is 6.05. The lowest BCUT2D eigenvalue weighted by atomic mass is 9.98. The molecule has 45 heavy (non-hydrogen) atoms. The fourth-order valence-electron chi connectivity index (χ4n) is 7.31. The van der Waals surface area contributed by atoms with E-state index < -0.39 is 0 Å². The zero-order valence-corrected chi connectivity index (χ0v) is 24.3. The Bertz CT molecular complexity index is 2760. The molecule has 5 heteroatoms. The monoisotopic (exact) mass is 578 g/mol. The zero-order valence-electron chi connectivity index (χ0n) is 24.3. The Balaban J connectivity index is 1.24. The van der Waals surface area contributed by atoms with E-state index in [0.717, 1.165) is 46.4 Å². The Morgan fingerprint density at radius 2 is 1.42 bits per heavy atom. The molecule has 0 bridgehead atoms. The summed E-state index contributed by atoms with van der Waals surface area (Å²) in [7, 11) is 0. The normalized spacial score (nSPS) is 13.1. The molecule has 0 spiro atoms. The van der Waals surface area contributed by atoms with Gasteiger partial charge in [-0.2, -0.15) is 0 Å². The van der Waals surface area contributed by atoms with E-state index >= 15 is 0 Å². The molecule has 9 aromatic rings. The van der Waals surface area contributed by atoms with Gasteiger partial charge in [-0.3, -0.25) is 9.55 Å². The van der Waals surface area contributed by atoms with Gasteiger partial charge in [-0.15, -0.1) is 0 Å². The first-order valence-electron chi connectivity index (χ1n) is 15.4. The minimum absolute atomic E-state index is 0.747. The van der Waals surface area contributed by atoms with Crippen LogP contribution in [0.2, 0.25) is 0 Å². The predicted octanol–water partition coefficient (Wildman–Crippen LogP) is 8.44. The third-order valence-electron chi connectivity index (χ3n) is 9.21. The van der Waals surface area contributed by atoms with Crippen molar-refractivity contribution < 1.29 is 4.42 Å². The van der Waals surface area contributed by atoms with Crippen molar-refractivity contribution in [3.05, 3.63) is 132 Å². The van der Waals surface area contributed by atoms with Gasteiger partial charge in [-0.1, -0.05) is 66.7 Å². The Morgan fingerprint density at radius 1 is 0.600 bits per heavy atom. The second kappa shape index (κ2) is 9.28. The topological polar surface area (TPSA) is 48.8 Å². The Morgan fingerprint density at radius 3 is 2.38 bits per heavy atom. The Hall–Kier alpha value is -5.94. The summed E-state index contributed by atoms with van der Waals surface area (Å²) in [5, 5.41) is 6.23. The highest BCUT2D eigenvalue weighted by Crippen LogP contribution is 2.36. The summed E-state index contributed by atoms with van der Waals surface area (Å²) in [5.41, 5.74) is 10.2. The average molecular weight is 579 g/mol. The number of hydrogen-bond acceptors (Lipinski definition) is 3. The fourth-order valence-corrected chi connectivity index (χ4v) is 7.31. The molecule has 10 rings (SSSR count). The summed E-state index contributed by atoms with van der Waals surface area (Å²) in [6.45, 7) is 0. The van der Waals surface area contributed by atoms with Gasteiger partial charge < -0.3 is 8.98 Å². The number of rotatable bonds is 3. The fraction of sp³-hybridized carbons (Fsp3) is 0.0500. The minimum Gasteiger partial charge on any atom is -0.453 e. The molecule has 0 N–H and O–H groups in total. The molecule has 4 aromatic carbocycles. The summed E-state index contributed by atoms with van der Waals surface area (Å²) in [6.07, 6.45) is 8.56. The first-order valence-corrected chi connectivity index (χ1v) is 15.4. The number of para-hydroxylation sites is 2. The molecule has 5 heterocycles. The largest absolute Gasteiger partial charge is 0.453 e. The molecule has 5 nitrogen and oxygen atoms in total. The van der Waals surface area contributed by atoms with Crippen LogP contribution in [0.15, 0.2) is 126 Å². The number of pyridine rings is 2. The second-order valence-corrected chi connectivity index (χ2v) is 11.7. The van der Waals surface area contributed by atoms with Gasteiger partial charge in [0, 0.05) is 33.3 Å². The maximum absolute atomic E-state index is 6.05. The van der Waals surface area contributed by atoms with Gasteiger partial charge in [-0.05, 0) is 84.6 Å². The smallest absolute Gasteiger partial charge is 0.155 e. The molecule has 0 fully saturated rings. The van der Waals surface area contributed by atoms with E-state index in [1.54, 1.807) is 6.20 Å². The third kappa shape index (κ3) is 3.49. The number of furan rings is 1. The van der Waals surface area contributed by atoms with Crippen LogP contribution in [0.4, 0.5) is 0 Å². The van der Waals surface area contributed by atoms with Crippen LogP contribution in [0.5, 0.6) is 0 Å². The molecule has 0 saturated heterocycles. The van der Waals surface area contributed by atoms with E-state index in [2.05, 4.69) is 123 Å². The van der Waals surface area contributed by atoms with Gasteiger partial charge in [0.25, 0.3) is 0 Å². The van der Waals surface area contributed by atoms with Crippen molar-refractivity contribution in [2.75, 3.05) is 0 Å². The number of hydrogen-bond donors (Lipinski definition) is 0. The molecule has 0 radical (unpaired) electrons. The standard InChI is InChI=1S/C40H26N4O/c1-2-10-26(11-3-1)43-31-15-6-4-12-28(31)30-24-25(19-20-33(30)43)27-14-8-17-34-38(27)29-13-5-7-16-32(29)44(34)37-22-21-36-40(42-37)39-35(45-36)18-9-23-41-39/h1-4,6,8-24H,5,7H2. The minimum atomic E-state index is 0.747. The van der Waals surface area contributed by atoms with E-state index in [0.29, 0.717) is 0 Å². The van der Waals surface area contributed by atoms with Crippen LogP contribution < -0.4 is 10.6 Å². The molecule has 1 aliphatic carbocycles.